The van der Waals surface area contributed by atoms with Crippen LogP contribution in [0.1, 0.15) is 0 Å². The van der Waals surface area contributed by atoms with E-state index in [9.17, 15) is 0 Å². The summed E-state index contributed by atoms with van der Waals surface area (Å²) >= 11 is 1.86. The molecule has 59 heavy (non-hydrogen) atoms. The van der Waals surface area contributed by atoms with Crippen LogP contribution in [0.3, 0.4) is 0 Å². The molecule has 0 aliphatic carbocycles. The van der Waals surface area contributed by atoms with Crippen molar-refractivity contribution in [2.24, 2.45) is 0 Å². The second-order valence-corrected chi connectivity index (χ2v) is 16.4. The fourth-order valence-corrected chi connectivity index (χ4v) is 10.3. The number of hydrogen-bond acceptors (Lipinski definition) is 2. The predicted octanol–water partition coefficient (Wildman–Crippen LogP) is 16.3. The van der Waals surface area contributed by atoms with Crippen molar-refractivity contribution in [1.29, 1.82) is 0 Å². The smallest absolute Gasteiger partial charge is 0.0547 e. The first-order chi connectivity index (χ1) is 29.3. The molecule has 0 saturated heterocycles. The van der Waals surface area contributed by atoms with E-state index in [4.69, 9.17) is 0 Å². The molecule has 2 aromatic heterocycles. The van der Waals surface area contributed by atoms with Crippen molar-refractivity contribution in [1.82, 2.24) is 4.57 Å². The van der Waals surface area contributed by atoms with E-state index in [1.165, 1.54) is 91.5 Å². The van der Waals surface area contributed by atoms with Gasteiger partial charge in [-0.05, 0) is 93.7 Å². The Labute approximate surface area is 346 Å². The van der Waals surface area contributed by atoms with Crippen molar-refractivity contribution in [2.45, 2.75) is 0 Å². The van der Waals surface area contributed by atoms with Crippen LogP contribution in [0.15, 0.2) is 218 Å². The van der Waals surface area contributed by atoms with Crippen LogP contribution in [0.25, 0.3) is 91.5 Å². The Morgan fingerprint density at radius 3 is 1.61 bits per heavy atom. The number of benzene rings is 10. The van der Waals surface area contributed by atoms with Gasteiger partial charge in [-0.15, -0.1) is 11.3 Å². The van der Waals surface area contributed by atoms with E-state index in [1.807, 2.05) is 11.3 Å². The second kappa shape index (κ2) is 13.6. The van der Waals surface area contributed by atoms with Gasteiger partial charge in [-0.3, -0.25) is 0 Å². The third-order valence-corrected chi connectivity index (χ3v) is 13.1. The van der Waals surface area contributed by atoms with Gasteiger partial charge in [0.25, 0.3) is 0 Å². The fraction of sp³-hybridized carbons (Fsp3) is 0. The van der Waals surface area contributed by atoms with E-state index in [2.05, 4.69) is 228 Å². The zero-order valence-electron chi connectivity index (χ0n) is 32.1. The van der Waals surface area contributed by atoms with Crippen LogP contribution in [0.2, 0.25) is 0 Å². The topological polar surface area (TPSA) is 8.17 Å². The molecule has 2 heterocycles. The van der Waals surface area contributed by atoms with Crippen LogP contribution >= 0.6 is 11.3 Å². The van der Waals surface area contributed by atoms with E-state index in [-0.39, 0.29) is 0 Å². The number of anilines is 3. The monoisotopic (exact) mass is 768 g/mol. The Morgan fingerprint density at radius 1 is 0.339 bits per heavy atom. The first kappa shape index (κ1) is 33.7. The summed E-state index contributed by atoms with van der Waals surface area (Å²) in [4.78, 5) is 2.42. The molecule has 3 heteroatoms. The van der Waals surface area contributed by atoms with Gasteiger partial charge in [-0.1, -0.05) is 158 Å². The van der Waals surface area contributed by atoms with Crippen molar-refractivity contribution in [3.63, 3.8) is 0 Å². The third-order valence-electron chi connectivity index (χ3n) is 12.0. The minimum absolute atomic E-state index is 1.11. The standard InChI is InChI=1S/C56H36N2S/c1-3-19-45-37(13-1)15-11-24-51(45)57(52-25-12-16-38-14-2-4-20-46(38)52)41-30-27-39(28-31-41)43-17-5-6-18-44(43)40-29-33-48-47-21-7-9-23-53(47)58(54(48)35-40)42-32-34-56-50(36-42)49-22-8-10-26-55(49)59-56/h1-36H. The zero-order valence-corrected chi connectivity index (χ0v) is 32.9. The molecule has 12 aromatic rings. The SMILES string of the molecule is c1ccc(-c2ccc3c4ccccc4n(-c4ccc5sc6ccccc6c5c4)c3c2)c(-c2ccc(N(c3cccc4ccccc34)c3cccc4ccccc34)cc2)c1. The summed E-state index contributed by atoms with van der Waals surface area (Å²) in [7, 11) is 0. The minimum Gasteiger partial charge on any atom is -0.309 e. The Bertz CT molecular complexity index is 3480. The summed E-state index contributed by atoms with van der Waals surface area (Å²) in [5, 5.41) is 10.0. The van der Waals surface area contributed by atoms with Crippen molar-refractivity contribution in [3.05, 3.63) is 218 Å². The Kier molecular flexibility index (Phi) is 7.75. The van der Waals surface area contributed by atoms with E-state index >= 15 is 0 Å². The van der Waals surface area contributed by atoms with E-state index in [0.29, 0.717) is 0 Å². The van der Waals surface area contributed by atoms with E-state index in [0.717, 1.165) is 17.1 Å². The number of para-hydroxylation sites is 1. The lowest BCUT2D eigenvalue weighted by molar-refractivity contribution is 1.19. The van der Waals surface area contributed by atoms with Gasteiger partial charge >= 0.3 is 0 Å². The highest BCUT2D eigenvalue weighted by molar-refractivity contribution is 7.25. The van der Waals surface area contributed by atoms with Gasteiger partial charge in [0.15, 0.2) is 0 Å². The summed E-state index contributed by atoms with van der Waals surface area (Å²) in [5.41, 5.74) is 11.8. The largest absolute Gasteiger partial charge is 0.309 e. The van der Waals surface area contributed by atoms with Crippen LogP contribution in [-0.2, 0) is 0 Å². The molecule has 0 radical (unpaired) electrons. The Balaban J connectivity index is 0.995. The molecule has 0 atom stereocenters. The maximum atomic E-state index is 2.45. The predicted molar refractivity (Wildman–Crippen MR) is 254 cm³/mol. The quantitative estimate of drug-likeness (QED) is 0.164. The van der Waals surface area contributed by atoms with Crippen molar-refractivity contribution in [2.75, 3.05) is 4.90 Å². The summed E-state index contributed by atoms with van der Waals surface area (Å²) in [6.07, 6.45) is 0. The van der Waals surface area contributed by atoms with Gasteiger partial charge in [-0.2, -0.15) is 0 Å². The first-order valence-electron chi connectivity index (χ1n) is 20.2. The van der Waals surface area contributed by atoms with Gasteiger partial charge in [-0.25, -0.2) is 0 Å². The fourth-order valence-electron chi connectivity index (χ4n) is 9.26. The number of hydrogen-bond donors (Lipinski definition) is 0. The first-order valence-corrected chi connectivity index (χ1v) is 21.0. The van der Waals surface area contributed by atoms with Crippen LogP contribution in [0.5, 0.6) is 0 Å². The molecule has 0 aliphatic heterocycles. The summed E-state index contributed by atoms with van der Waals surface area (Å²) in [6, 6.07) is 80.0. The number of nitrogens with zero attached hydrogens (tertiary/aromatic N) is 2. The van der Waals surface area contributed by atoms with Crippen LogP contribution in [0.4, 0.5) is 17.1 Å². The summed E-state index contributed by atoms with van der Waals surface area (Å²) in [5.74, 6) is 0. The third kappa shape index (κ3) is 5.47. The molecule has 0 spiro atoms. The summed E-state index contributed by atoms with van der Waals surface area (Å²) in [6.45, 7) is 0. The van der Waals surface area contributed by atoms with Gasteiger partial charge in [0, 0.05) is 53.1 Å². The molecule has 0 amide bonds. The molecule has 276 valence electrons. The summed E-state index contributed by atoms with van der Waals surface area (Å²) < 4.78 is 5.09. The van der Waals surface area contributed by atoms with Gasteiger partial charge < -0.3 is 9.47 Å². The Morgan fingerprint density at radius 2 is 0.881 bits per heavy atom. The molecule has 10 aromatic carbocycles. The second-order valence-electron chi connectivity index (χ2n) is 15.3. The lowest BCUT2D eigenvalue weighted by atomic mass is 9.93. The highest BCUT2D eigenvalue weighted by Gasteiger charge is 2.19. The molecule has 0 bridgehead atoms. The van der Waals surface area contributed by atoms with E-state index in [1.54, 1.807) is 0 Å². The average molecular weight is 769 g/mol. The molecule has 2 nitrogen and oxygen atoms in total. The van der Waals surface area contributed by atoms with Crippen LogP contribution in [-0.4, -0.2) is 4.57 Å². The molecule has 0 saturated carbocycles. The molecule has 0 aliphatic rings. The minimum atomic E-state index is 1.11. The number of rotatable bonds is 6. The van der Waals surface area contributed by atoms with Gasteiger partial charge in [0.05, 0.1) is 22.4 Å². The number of fused-ring (bicyclic) bond motifs is 8. The normalized spacial score (nSPS) is 11.7. The molecular formula is C56H36N2S. The van der Waals surface area contributed by atoms with E-state index < -0.39 is 0 Å². The molecule has 0 fully saturated rings. The zero-order chi connectivity index (χ0) is 38.9. The number of aromatic nitrogens is 1. The maximum absolute atomic E-state index is 2.45. The lowest BCUT2D eigenvalue weighted by Crippen LogP contribution is -2.11. The average Bonchev–Trinajstić information content (AvgIpc) is 3.84. The lowest BCUT2D eigenvalue weighted by Gasteiger charge is -2.28. The molecular weight excluding hydrogens is 733 g/mol. The van der Waals surface area contributed by atoms with Crippen LogP contribution < -0.4 is 4.90 Å². The molecule has 12 rings (SSSR count). The van der Waals surface area contributed by atoms with Crippen molar-refractivity contribution < 1.29 is 0 Å². The highest BCUT2D eigenvalue weighted by atomic mass is 32.1. The maximum Gasteiger partial charge on any atom is 0.0547 e. The van der Waals surface area contributed by atoms with Crippen molar-refractivity contribution >= 4 is 91.9 Å². The van der Waals surface area contributed by atoms with Gasteiger partial charge in [0.2, 0.25) is 0 Å². The number of thiophene rings is 1. The Hall–Kier alpha value is -7.46. The highest BCUT2D eigenvalue weighted by Crippen LogP contribution is 2.44. The van der Waals surface area contributed by atoms with Gasteiger partial charge in [0.1, 0.15) is 0 Å². The molecule has 0 N–H and O–H groups in total. The molecule has 0 unspecified atom stereocenters. The van der Waals surface area contributed by atoms with Crippen LogP contribution in [0, 0.1) is 0 Å². The van der Waals surface area contributed by atoms with Crippen molar-refractivity contribution in [3.8, 4) is 27.9 Å².